The zero-order valence-corrected chi connectivity index (χ0v) is 7.77. The normalized spacial score (nSPS) is 14.8. The smallest absolute Gasteiger partial charge is 0.354 e. The second-order valence-corrected chi connectivity index (χ2v) is 3.31. The van der Waals surface area contributed by atoms with E-state index in [1.54, 1.807) is 13.0 Å². The summed E-state index contributed by atoms with van der Waals surface area (Å²) in [6.07, 6.45) is 1.36. The average molecular weight is 196 g/mol. The molecule has 76 valence electrons. The quantitative estimate of drug-likeness (QED) is 0.629. The van der Waals surface area contributed by atoms with Crippen LogP contribution in [0, 0.1) is 0 Å². The molecule has 5 nitrogen and oxygen atoms in total. The highest BCUT2D eigenvalue weighted by atomic mass is 16.4. The molecular weight excluding hydrogens is 184 g/mol. The van der Waals surface area contributed by atoms with Gasteiger partial charge in [0.2, 0.25) is 0 Å². The lowest BCUT2D eigenvalue weighted by Gasteiger charge is -2.21. The van der Waals surface area contributed by atoms with Crippen LogP contribution in [0.25, 0.3) is 0 Å². The number of aliphatic hydroxyl groups excluding tert-OH is 1. The van der Waals surface area contributed by atoms with Gasteiger partial charge in [-0.05, 0) is 18.6 Å². The first-order valence-corrected chi connectivity index (χ1v) is 4.07. The fourth-order valence-electron chi connectivity index (χ4n) is 0.949. The summed E-state index contributed by atoms with van der Waals surface area (Å²) in [6.45, 7) is 1.42. The first-order valence-electron chi connectivity index (χ1n) is 4.07. The first kappa shape index (κ1) is 10.6. The van der Waals surface area contributed by atoms with Gasteiger partial charge < -0.3 is 15.9 Å². The van der Waals surface area contributed by atoms with Crippen LogP contribution in [0.5, 0.6) is 0 Å². The molecule has 0 radical (unpaired) electrons. The molecule has 0 bridgehead atoms. The van der Waals surface area contributed by atoms with Crippen LogP contribution in [0.4, 0.5) is 0 Å². The van der Waals surface area contributed by atoms with Crippen LogP contribution in [0.15, 0.2) is 18.3 Å². The Balaban J connectivity index is 2.99. The molecule has 14 heavy (non-hydrogen) atoms. The van der Waals surface area contributed by atoms with Crippen LogP contribution in [0.1, 0.15) is 23.0 Å². The van der Waals surface area contributed by atoms with Gasteiger partial charge in [-0.3, -0.25) is 0 Å². The van der Waals surface area contributed by atoms with Crippen LogP contribution < -0.4 is 5.73 Å². The van der Waals surface area contributed by atoms with Crippen molar-refractivity contribution in [2.45, 2.75) is 12.5 Å². The predicted octanol–water partition coefficient (Wildman–Crippen LogP) is -0.0540. The zero-order chi connectivity index (χ0) is 10.8. The number of aliphatic hydroxyl groups is 1. The topological polar surface area (TPSA) is 96.4 Å². The van der Waals surface area contributed by atoms with Gasteiger partial charge in [0.05, 0.1) is 12.1 Å². The second kappa shape index (κ2) is 3.73. The molecule has 0 saturated carbocycles. The molecule has 1 rings (SSSR count). The van der Waals surface area contributed by atoms with Gasteiger partial charge in [0.15, 0.2) is 0 Å². The average Bonchev–Trinajstić information content (AvgIpc) is 2.18. The highest BCUT2D eigenvalue weighted by Gasteiger charge is 2.20. The summed E-state index contributed by atoms with van der Waals surface area (Å²) in [6, 6.07) is 2.91. The number of carboxylic acids is 1. The van der Waals surface area contributed by atoms with E-state index in [-0.39, 0.29) is 12.3 Å². The lowest BCUT2D eigenvalue weighted by molar-refractivity contribution is 0.0690. The molecule has 0 unspecified atom stereocenters. The summed E-state index contributed by atoms with van der Waals surface area (Å²) in [5.41, 5.74) is 5.40. The molecule has 0 aromatic carbocycles. The van der Waals surface area contributed by atoms with E-state index in [0.29, 0.717) is 5.56 Å². The Labute approximate surface area is 81.2 Å². The molecule has 0 fully saturated rings. The molecule has 0 aliphatic carbocycles. The Morgan fingerprint density at radius 2 is 2.29 bits per heavy atom. The van der Waals surface area contributed by atoms with Crippen molar-refractivity contribution in [2.24, 2.45) is 5.73 Å². The zero-order valence-electron chi connectivity index (χ0n) is 7.77. The molecule has 1 atom stereocenters. The summed E-state index contributed by atoms with van der Waals surface area (Å²) in [5.74, 6) is -1.08. The number of pyridine rings is 1. The number of hydrogen-bond acceptors (Lipinski definition) is 4. The van der Waals surface area contributed by atoms with E-state index < -0.39 is 11.5 Å². The molecule has 1 aromatic rings. The fourth-order valence-corrected chi connectivity index (χ4v) is 0.949. The monoisotopic (exact) mass is 196 g/mol. The summed E-state index contributed by atoms with van der Waals surface area (Å²) in [7, 11) is 0. The van der Waals surface area contributed by atoms with Gasteiger partial charge in [-0.2, -0.15) is 0 Å². The predicted molar refractivity (Wildman–Crippen MR) is 49.8 cm³/mol. The number of hydrogen-bond donors (Lipinski definition) is 3. The van der Waals surface area contributed by atoms with E-state index in [4.69, 9.17) is 15.9 Å². The Morgan fingerprint density at radius 3 is 2.64 bits per heavy atom. The van der Waals surface area contributed by atoms with Gasteiger partial charge in [0, 0.05) is 6.20 Å². The molecule has 0 spiro atoms. The van der Waals surface area contributed by atoms with Crippen molar-refractivity contribution in [1.29, 1.82) is 0 Å². The van der Waals surface area contributed by atoms with Crippen molar-refractivity contribution in [1.82, 2.24) is 4.98 Å². The van der Waals surface area contributed by atoms with Crippen molar-refractivity contribution in [3.8, 4) is 0 Å². The fraction of sp³-hybridized carbons (Fsp3) is 0.333. The minimum Gasteiger partial charge on any atom is -0.477 e. The van der Waals surface area contributed by atoms with E-state index in [1.807, 2.05) is 0 Å². The van der Waals surface area contributed by atoms with Gasteiger partial charge in [-0.1, -0.05) is 6.07 Å². The SMILES string of the molecule is C[C@@](N)(CO)c1ccc(C(=O)O)nc1. The van der Waals surface area contributed by atoms with Gasteiger partial charge in [0.1, 0.15) is 5.69 Å². The van der Waals surface area contributed by atoms with Crippen LogP contribution in [-0.4, -0.2) is 27.8 Å². The standard InChI is InChI=1S/C9H12N2O3/c1-9(10,5-12)6-2-3-7(8(13)14)11-4-6/h2-4,12H,5,10H2,1H3,(H,13,14)/t9-/m1/s1. The van der Waals surface area contributed by atoms with Gasteiger partial charge in [-0.25, -0.2) is 9.78 Å². The molecule has 4 N–H and O–H groups in total. The van der Waals surface area contributed by atoms with Gasteiger partial charge >= 0.3 is 5.97 Å². The van der Waals surface area contributed by atoms with Gasteiger partial charge in [-0.15, -0.1) is 0 Å². The van der Waals surface area contributed by atoms with Crippen molar-refractivity contribution in [2.75, 3.05) is 6.61 Å². The van der Waals surface area contributed by atoms with Crippen molar-refractivity contribution in [3.63, 3.8) is 0 Å². The Kier molecular flexibility index (Phi) is 2.83. The highest BCUT2D eigenvalue weighted by molar-refractivity contribution is 5.85. The number of rotatable bonds is 3. The number of carbonyl (C=O) groups is 1. The van der Waals surface area contributed by atoms with E-state index in [0.717, 1.165) is 0 Å². The van der Waals surface area contributed by atoms with Crippen LogP contribution >= 0.6 is 0 Å². The summed E-state index contributed by atoms with van der Waals surface area (Å²) in [4.78, 5) is 14.2. The van der Waals surface area contributed by atoms with E-state index in [2.05, 4.69) is 4.98 Å². The van der Waals surface area contributed by atoms with Crippen LogP contribution in [0.3, 0.4) is 0 Å². The molecule has 0 aliphatic heterocycles. The molecule has 5 heteroatoms. The number of nitrogens with two attached hydrogens (primary N) is 1. The van der Waals surface area contributed by atoms with Crippen LogP contribution in [0.2, 0.25) is 0 Å². The summed E-state index contributed by atoms with van der Waals surface area (Å²) >= 11 is 0. The van der Waals surface area contributed by atoms with E-state index >= 15 is 0 Å². The van der Waals surface area contributed by atoms with Crippen molar-refractivity contribution >= 4 is 5.97 Å². The Bertz CT molecular complexity index is 332. The lowest BCUT2D eigenvalue weighted by Crippen LogP contribution is -2.37. The number of aromatic nitrogens is 1. The third-order valence-corrected chi connectivity index (χ3v) is 1.97. The molecule has 1 aromatic heterocycles. The first-order chi connectivity index (χ1) is 6.47. The minimum atomic E-state index is -1.08. The molecule has 0 saturated heterocycles. The summed E-state index contributed by atoms with van der Waals surface area (Å²) in [5, 5.41) is 17.5. The molecule has 0 amide bonds. The third kappa shape index (κ3) is 2.07. The minimum absolute atomic E-state index is 0.0394. The Morgan fingerprint density at radius 1 is 1.64 bits per heavy atom. The van der Waals surface area contributed by atoms with E-state index in [1.165, 1.54) is 12.3 Å². The summed E-state index contributed by atoms with van der Waals surface area (Å²) < 4.78 is 0. The van der Waals surface area contributed by atoms with E-state index in [9.17, 15) is 4.79 Å². The third-order valence-electron chi connectivity index (χ3n) is 1.97. The molecular formula is C9H12N2O3. The largest absolute Gasteiger partial charge is 0.477 e. The van der Waals surface area contributed by atoms with Crippen molar-refractivity contribution in [3.05, 3.63) is 29.6 Å². The molecule has 0 aliphatic rings. The maximum Gasteiger partial charge on any atom is 0.354 e. The maximum absolute atomic E-state index is 10.5. The Hall–Kier alpha value is -1.46. The molecule has 1 heterocycles. The number of carboxylic acid groups (broad SMARTS) is 1. The maximum atomic E-state index is 10.5. The number of nitrogens with zero attached hydrogens (tertiary/aromatic N) is 1. The lowest BCUT2D eigenvalue weighted by atomic mass is 9.96. The van der Waals surface area contributed by atoms with Crippen LogP contribution in [-0.2, 0) is 5.54 Å². The highest BCUT2D eigenvalue weighted by Crippen LogP contribution is 2.15. The number of aromatic carboxylic acids is 1. The van der Waals surface area contributed by atoms with Crippen molar-refractivity contribution < 1.29 is 15.0 Å². The second-order valence-electron chi connectivity index (χ2n) is 3.31. The van der Waals surface area contributed by atoms with Gasteiger partial charge in [0.25, 0.3) is 0 Å².